The van der Waals surface area contributed by atoms with Crippen molar-refractivity contribution in [3.05, 3.63) is 70.7 Å². The van der Waals surface area contributed by atoms with E-state index in [0.29, 0.717) is 5.02 Å². The third kappa shape index (κ3) is 5.03. The molecule has 2 aromatic rings. The molecule has 0 aromatic heterocycles. The van der Waals surface area contributed by atoms with Crippen LogP contribution in [0.15, 0.2) is 59.7 Å². The van der Waals surface area contributed by atoms with Crippen molar-refractivity contribution in [2.45, 2.75) is 6.54 Å². The summed E-state index contributed by atoms with van der Waals surface area (Å²) in [6.45, 7) is 0.286. The van der Waals surface area contributed by atoms with Crippen molar-refractivity contribution in [3.8, 4) is 0 Å². The number of hydrazone groups is 1. The minimum absolute atomic E-state index is 0.286. The van der Waals surface area contributed by atoms with Gasteiger partial charge >= 0.3 is 11.8 Å². The molecule has 22 heavy (non-hydrogen) atoms. The molecule has 0 aliphatic heterocycles. The van der Waals surface area contributed by atoms with Crippen LogP contribution in [-0.4, -0.2) is 18.0 Å². The average Bonchev–Trinajstić information content (AvgIpc) is 2.55. The number of amides is 2. The molecule has 6 heteroatoms. The maximum absolute atomic E-state index is 11.6. The lowest BCUT2D eigenvalue weighted by Crippen LogP contribution is -2.37. The third-order valence-electron chi connectivity index (χ3n) is 2.75. The number of nitrogens with zero attached hydrogens (tertiary/aromatic N) is 1. The predicted molar refractivity (Wildman–Crippen MR) is 85.5 cm³/mol. The van der Waals surface area contributed by atoms with Crippen molar-refractivity contribution < 1.29 is 9.59 Å². The molecular formula is C16H14ClN3O2. The molecule has 2 rings (SSSR count). The first-order valence-corrected chi connectivity index (χ1v) is 6.93. The fourth-order valence-corrected chi connectivity index (χ4v) is 1.75. The summed E-state index contributed by atoms with van der Waals surface area (Å²) in [5.41, 5.74) is 3.84. The number of hydrogen-bond acceptors (Lipinski definition) is 3. The van der Waals surface area contributed by atoms with Crippen molar-refractivity contribution in [1.29, 1.82) is 0 Å². The van der Waals surface area contributed by atoms with Crippen LogP contribution in [0.2, 0.25) is 5.02 Å². The molecule has 112 valence electrons. The van der Waals surface area contributed by atoms with Gasteiger partial charge in [-0.25, -0.2) is 5.43 Å². The van der Waals surface area contributed by atoms with Gasteiger partial charge in [0, 0.05) is 11.6 Å². The topological polar surface area (TPSA) is 70.6 Å². The van der Waals surface area contributed by atoms with Gasteiger partial charge in [-0.3, -0.25) is 9.59 Å². The van der Waals surface area contributed by atoms with Crippen LogP contribution in [0.25, 0.3) is 0 Å². The van der Waals surface area contributed by atoms with E-state index in [-0.39, 0.29) is 6.54 Å². The lowest BCUT2D eigenvalue weighted by atomic mass is 10.2. The largest absolute Gasteiger partial charge is 0.344 e. The molecule has 0 saturated heterocycles. The number of hydrogen-bond donors (Lipinski definition) is 2. The van der Waals surface area contributed by atoms with Crippen molar-refractivity contribution in [1.82, 2.24) is 10.7 Å². The van der Waals surface area contributed by atoms with Gasteiger partial charge in [-0.1, -0.05) is 54.1 Å². The SMILES string of the molecule is O=C(NCc1ccccc1)C(=O)NN=Cc1ccc(Cl)cc1. The van der Waals surface area contributed by atoms with Crippen LogP contribution in [0, 0.1) is 0 Å². The van der Waals surface area contributed by atoms with Crippen molar-refractivity contribution in [3.63, 3.8) is 0 Å². The number of benzene rings is 2. The van der Waals surface area contributed by atoms with Gasteiger partial charge < -0.3 is 5.32 Å². The second-order valence-electron chi connectivity index (χ2n) is 4.42. The summed E-state index contributed by atoms with van der Waals surface area (Å²) in [6, 6.07) is 16.2. The summed E-state index contributed by atoms with van der Waals surface area (Å²) >= 11 is 5.76. The molecule has 0 heterocycles. The standard InChI is InChI=1S/C16H14ClN3O2/c17-14-8-6-13(7-9-14)11-19-20-16(22)15(21)18-10-12-4-2-1-3-5-12/h1-9,11H,10H2,(H,18,21)(H,20,22). The summed E-state index contributed by atoms with van der Waals surface area (Å²) in [7, 11) is 0. The number of carbonyl (C=O) groups excluding carboxylic acids is 2. The summed E-state index contributed by atoms with van der Waals surface area (Å²) in [5.74, 6) is -1.56. The Morgan fingerprint density at radius 1 is 1.00 bits per heavy atom. The molecule has 2 amide bonds. The molecule has 5 nitrogen and oxygen atoms in total. The Morgan fingerprint density at radius 2 is 1.68 bits per heavy atom. The molecule has 0 unspecified atom stereocenters. The van der Waals surface area contributed by atoms with E-state index in [1.165, 1.54) is 6.21 Å². The summed E-state index contributed by atoms with van der Waals surface area (Å²) in [5, 5.41) is 6.84. The zero-order chi connectivity index (χ0) is 15.8. The van der Waals surface area contributed by atoms with E-state index in [1.54, 1.807) is 24.3 Å². The van der Waals surface area contributed by atoms with Crippen molar-refractivity contribution in [2.24, 2.45) is 5.10 Å². The smallest absolute Gasteiger partial charge is 0.329 e. The zero-order valence-electron chi connectivity index (χ0n) is 11.6. The normalized spacial score (nSPS) is 10.4. The third-order valence-corrected chi connectivity index (χ3v) is 3.00. The Hall–Kier alpha value is -2.66. The Labute approximate surface area is 133 Å². The Bertz CT molecular complexity index is 670. The number of nitrogens with one attached hydrogen (secondary N) is 2. The van der Waals surface area contributed by atoms with Gasteiger partial charge in [-0.05, 0) is 23.3 Å². The van der Waals surface area contributed by atoms with Gasteiger partial charge in [0.25, 0.3) is 0 Å². The van der Waals surface area contributed by atoms with Gasteiger partial charge in [-0.15, -0.1) is 0 Å². The summed E-state index contributed by atoms with van der Waals surface area (Å²) in [4.78, 5) is 23.1. The Kier molecular flexibility index (Phi) is 5.68. The molecule has 0 atom stereocenters. The second kappa shape index (κ2) is 7.95. The molecule has 0 spiro atoms. The first-order chi connectivity index (χ1) is 10.6. The zero-order valence-corrected chi connectivity index (χ0v) is 12.4. The van der Waals surface area contributed by atoms with Crippen LogP contribution in [0.5, 0.6) is 0 Å². The molecule has 0 fully saturated rings. The van der Waals surface area contributed by atoms with E-state index in [4.69, 9.17) is 11.6 Å². The second-order valence-corrected chi connectivity index (χ2v) is 4.86. The van der Waals surface area contributed by atoms with Crippen LogP contribution in [-0.2, 0) is 16.1 Å². The lowest BCUT2D eigenvalue weighted by molar-refractivity contribution is -0.139. The average molecular weight is 316 g/mol. The number of halogens is 1. The Morgan fingerprint density at radius 3 is 2.36 bits per heavy atom. The van der Waals surface area contributed by atoms with Gasteiger partial charge in [0.05, 0.1) is 6.21 Å². The highest BCUT2D eigenvalue weighted by molar-refractivity contribution is 6.35. The maximum atomic E-state index is 11.6. The first kappa shape index (κ1) is 15.7. The van der Waals surface area contributed by atoms with E-state index >= 15 is 0 Å². The quantitative estimate of drug-likeness (QED) is 0.515. The molecular weight excluding hydrogens is 302 g/mol. The monoisotopic (exact) mass is 315 g/mol. The predicted octanol–water partition coefficient (Wildman–Crippen LogP) is 2.11. The summed E-state index contributed by atoms with van der Waals surface area (Å²) in [6.07, 6.45) is 1.43. The van der Waals surface area contributed by atoms with Crippen LogP contribution in [0.4, 0.5) is 0 Å². The molecule has 0 saturated carbocycles. The van der Waals surface area contributed by atoms with Gasteiger partial charge in [0.2, 0.25) is 0 Å². The van der Waals surface area contributed by atoms with Crippen LogP contribution in [0.1, 0.15) is 11.1 Å². The highest BCUT2D eigenvalue weighted by atomic mass is 35.5. The van der Waals surface area contributed by atoms with Crippen molar-refractivity contribution in [2.75, 3.05) is 0 Å². The van der Waals surface area contributed by atoms with Crippen molar-refractivity contribution >= 4 is 29.6 Å². The van der Waals surface area contributed by atoms with Crippen LogP contribution >= 0.6 is 11.6 Å². The number of rotatable bonds is 4. The number of carbonyl (C=O) groups is 2. The first-order valence-electron chi connectivity index (χ1n) is 6.56. The van der Waals surface area contributed by atoms with E-state index in [2.05, 4.69) is 15.8 Å². The minimum Gasteiger partial charge on any atom is -0.344 e. The van der Waals surface area contributed by atoms with E-state index in [1.807, 2.05) is 30.3 Å². The van der Waals surface area contributed by atoms with Gasteiger partial charge in [0.1, 0.15) is 0 Å². The molecule has 2 aromatic carbocycles. The van der Waals surface area contributed by atoms with E-state index in [0.717, 1.165) is 11.1 Å². The fraction of sp³-hybridized carbons (Fsp3) is 0.0625. The van der Waals surface area contributed by atoms with Gasteiger partial charge in [0.15, 0.2) is 0 Å². The van der Waals surface area contributed by atoms with Crippen LogP contribution < -0.4 is 10.7 Å². The molecule has 0 aliphatic rings. The molecule has 0 aliphatic carbocycles. The summed E-state index contributed by atoms with van der Waals surface area (Å²) < 4.78 is 0. The Balaban J connectivity index is 1.79. The lowest BCUT2D eigenvalue weighted by Gasteiger charge is -2.03. The van der Waals surface area contributed by atoms with Gasteiger partial charge in [-0.2, -0.15) is 5.10 Å². The minimum atomic E-state index is -0.818. The fourth-order valence-electron chi connectivity index (χ4n) is 1.62. The van der Waals surface area contributed by atoms with Crippen LogP contribution in [0.3, 0.4) is 0 Å². The highest BCUT2D eigenvalue weighted by Gasteiger charge is 2.11. The molecule has 0 bridgehead atoms. The van der Waals surface area contributed by atoms with E-state index < -0.39 is 11.8 Å². The maximum Gasteiger partial charge on any atom is 0.329 e. The van der Waals surface area contributed by atoms with E-state index in [9.17, 15) is 9.59 Å². The molecule has 0 radical (unpaired) electrons. The highest BCUT2D eigenvalue weighted by Crippen LogP contribution is 2.07. The molecule has 2 N–H and O–H groups in total.